The van der Waals surface area contributed by atoms with Crippen molar-refractivity contribution in [2.75, 3.05) is 13.1 Å². The quantitative estimate of drug-likeness (QED) is 0.307. The number of amides is 2. The molecule has 0 aliphatic carbocycles. The standard InChI is InChI=1S/C30H40N2O3/c1-5-25(17-16-24(4)34-22-27-14-10-7-11-15-27)21-32-28(20-26-12-8-6-9-13-26)29(35-23(2)3)18-19-31-30(32)33/h6-17,23,28-29H,5,18-22H2,1-4H3,(H,31,33)/b24-16+,25-17+. The topological polar surface area (TPSA) is 50.8 Å². The highest BCUT2D eigenvalue weighted by molar-refractivity contribution is 5.75. The fraction of sp³-hybridized carbons (Fsp3) is 0.433. The van der Waals surface area contributed by atoms with Crippen molar-refractivity contribution in [3.05, 3.63) is 95.3 Å². The largest absolute Gasteiger partial charge is 0.494 e. The maximum Gasteiger partial charge on any atom is 0.318 e. The van der Waals surface area contributed by atoms with Gasteiger partial charge >= 0.3 is 6.03 Å². The molecule has 5 nitrogen and oxygen atoms in total. The monoisotopic (exact) mass is 476 g/mol. The maximum absolute atomic E-state index is 13.2. The number of benzene rings is 2. The second kappa shape index (κ2) is 13.7. The summed E-state index contributed by atoms with van der Waals surface area (Å²) >= 11 is 0. The molecule has 2 amide bonds. The Labute approximate surface area is 210 Å². The third-order valence-corrected chi connectivity index (χ3v) is 6.22. The van der Waals surface area contributed by atoms with Crippen LogP contribution in [0.2, 0.25) is 0 Å². The van der Waals surface area contributed by atoms with Gasteiger partial charge in [0.2, 0.25) is 0 Å². The lowest BCUT2D eigenvalue weighted by Gasteiger charge is -2.36. The van der Waals surface area contributed by atoms with Crippen LogP contribution < -0.4 is 5.32 Å². The van der Waals surface area contributed by atoms with Gasteiger partial charge in [-0.2, -0.15) is 0 Å². The minimum atomic E-state index is -0.0448. The average molecular weight is 477 g/mol. The highest BCUT2D eigenvalue weighted by Gasteiger charge is 2.35. The Bertz CT molecular complexity index is 970. The lowest BCUT2D eigenvalue weighted by molar-refractivity contribution is -0.0331. The van der Waals surface area contributed by atoms with Crippen LogP contribution in [0.4, 0.5) is 4.79 Å². The number of urea groups is 1. The van der Waals surface area contributed by atoms with E-state index in [9.17, 15) is 4.79 Å². The van der Waals surface area contributed by atoms with E-state index in [0.29, 0.717) is 19.7 Å². The van der Waals surface area contributed by atoms with Gasteiger partial charge in [-0.3, -0.25) is 0 Å². The molecule has 0 radical (unpaired) electrons. The third-order valence-electron chi connectivity index (χ3n) is 6.22. The zero-order valence-electron chi connectivity index (χ0n) is 21.6. The Hall–Kier alpha value is -3.05. The van der Waals surface area contributed by atoms with Gasteiger partial charge < -0.3 is 19.7 Å². The number of nitrogens with one attached hydrogen (secondary N) is 1. The first-order valence-corrected chi connectivity index (χ1v) is 12.7. The summed E-state index contributed by atoms with van der Waals surface area (Å²) in [6.45, 7) is 9.94. The van der Waals surface area contributed by atoms with Gasteiger partial charge in [0, 0.05) is 13.1 Å². The van der Waals surface area contributed by atoms with Crippen LogP contribution in [0.5, 0.6) is 0 Å². The summed E-state index contributed by atoms with van der Waals surface area (Å²) in [6.07, 6.45) is 6.58. The molecule has 1 aliphatic rings. The molecule has 0 bridgehead atoms. The fourth-order valence-corrected chi connectivity index (χ4v) is 4.32. The molecule has 3 rings (SSSR count). The van der Waals surface area contributed by atoms with Crippen molar-refractivity contribution in [2.24, 2.45) is 0 Å². The minimum Gasteiger partial charge on any atom is -0.494 e. The Morgan fingerprint density at radius 2 is 1.71 bits per heavy atom. The van der Waals surface area contributed by atoms with Gasteiger partial charge in [0.15, 0.2) is 0 Å². The molecule has 1 N–H and O–H groups in total. The first-order valence-electron chi connectivity index (χ1n) is 12.7. The van der Waals surface area contributed by atoms with E-state index in [1.165, 1.54) is 11.1 Å². The summed E-state index contributed by atoms with van der Waals surface area (Å²) < 4.78 is 12.3. The number of hydrogen-bond acceptors (Lipinski definition) is 3. The van der Waals surface area contributed by atoms with E-state index in [-0.39, 0.29) is 24.3 Å². The Balaban J connectivity index is 1.77. The van der Waals surface area contributed by atoms with E-state index in [0.717, 1.165) is 30.6 Å². The number of ether oxygens (including phenoxy) is 2. The van der Waals surface area contributed by atoms with E-state index < -0.39 is 0 Å². The van der Waals surface area contributed by atoms with Crippen LogP contribution in [0.1, 0.15) is 51.7 Å². The molecule has 188 valence electrons. The lowest BCUT2D eigenvalue weighted by atomic mass is 9.97. The van der Waals surface area contributed by atoms with Gasteiger partial charge in [0.05, 0.1) is 24.0 Å². The van der Waals surface area contributed by atoms with E-state index >= 15 is 0 Å². The third kappa shape index (κ3) is 8.59. The molecule has 1 fully saturated rings. The van der Waals surface area contributed by atoms with Crippen molar-refractivity contribution in [3.8, 4) is 0 Å². The molecule has 1 heterocycles. The van der Waals surface area contributed by atoms with Gasteiger partial charge in [0.1, 0.15) is 6.61 Å². The van der Waals surface area contributed by atoms with Crippen molar-refractivity contribution in [1.82, 2.24) is 10.2 Å². The number of carbonyl (C=O) groups is 1. The van der Waals surface area contributed by atoms with Crippen LogP contribution in [-0.2, 0) is 22.5 Å². The predicted molar refractivity (Wildman–Crippen MR) is 142 cm³/mol. The van der Waals surface area contributed by atoms with Gasteiger partial charge in [-0.15, -0.1) is 0 Å². The van der Waals surface area contributed by atoms with Gasteiger partial charge in [-0.25, -0.2) is 4.79 Å². The van der Waals surface area contributed by atoms with E-state index in [2.05, 4.69) is 68.6 Å². The second-order valence-corrected chi connectivity index (χ2v) is 9.36. The number of rotatable bonds is 11. The lowest BCUT2D eigenvalue weighted by Crippen LogP contribution is -2.50. The molecular formula is C30H40N2O3. The molecule has 5 heteroatoms. The molecule has 1 saturated heterocycles. The van der Waals surface area contributed by atoms with Gasteiger partial charge in [-0.1, -0.05) is 79.2 Å². The number of hydrogen-bond donors (Lipinski definition) is 1. The van der Waals surface area contributed by atoms with Crippen molar-refractivity contribution in [3.63, 3.8) is 0 Å². The molecule has 1 aliphatic heterocycles. The first-order chi connectivity index (χ1) is 17.0. The highest BCUT2D eigenvalue weighted by Crippen LogP contribution is 2.23. The molecule has 2 unspecified atom stereocenters. The van der Waals surface area contributed by atoms with Crippen LogP contribution in [0.25, 0.3) is 0 Å². The molecule has 0 aromatic heterocycles. The van der Waals surface area contributed by atoms with Crippen LogP contribution in [0.15, 0.2) is 84.1 Å². The maximum atomic E-state index is 13.2. The molecule has 0 saturated carbocycles. The van der Waals surface area contributed by atoms with Crippen LogP contribution >= 0.6 is 0 Å². The summed E-state index contributed by atoms with van der Waals surface area (Å²) in [7, 11) is 0. The summed E-state index contributed by atoms with van der Waals surface area (Å²) in [5.41, 5.74) is 3.52. The Kier molecular flexibility index (Phi) is 10.4. The normalized spacial score (nSPS) is 19.5. The van der Waals surface area contributed by atoms with Crippen molar-refractivity contribution < 1.29 is 14.3 Å². The molecular weight excluding hydrogens is 436 g/mol. The Morgan fingerprint density at radius 3 is 2.34 bits per heavy atom. The molecule has 35 heavy (non-hydrogen) atoms. The van der Waals surface area contributed by atoms with E-state index in [1.807, 2.05) is 42.2 Å². The van der Waals surface area contributed by atoms with E-state index in [4.69, 9.17) is 9.47 Å². The fourth-order valence-electron chi connectivity index (χ4n) is 4.32. The number of nitrogens with zero attached hydrogens (tertiary/aromatic N) is 1. The summed E-state index contributed by atoms with van der Waals surface area (Å²) in [4.78, 5) is 15.2. The van der Waals surface area contributed by atoms with Crippen LogP contribution in [0.3, 0.4) is 0 Å². The molecule has 2 aromatic rings. The van der Waals surface area contributed by atoms with Crippen LogP contribution in [-0.4, -0.2) is 42.3 Å². The first kappa shape index (κ1) is 26.6. The Morgan fingerprint density at radius 1 is 1.06 bits per heavy atom. The van der Waals surface area contributed by atoms with Crippen molar-refractivity contribution in [1.29, 1.82) is 0 Å². The summed E-state index contributed by atoms with van der Waals surface area (Å²) in [5, 5.41) is 3.09. The molecule has 2 aromatic carbocycles. The smallest absolute Gasteiger partial charge is 0.318 e. The SMILES string of the molecule is CC/C(=C\C=C(/C)OCc1ccccc1)CN1C(=O)NCCC(OC(C)C)C1Cc1ccccc1. The predicted octanol–water partition coefficient (Wildman–Crippen LogP) is 6.26. The van der Waals surface area contributed by atoms with Gasteiger partial charge in [-0.05, 0) is 57.2 Å². The zero-order valence-corrected chi connectivity index (χ0v) is 21.6. The second-order valence-electron chi connectivity index (χ2n) is 9.36. The minimum absolute atomic E-state index is 0.0267. The highest BCUT2D eigenvalue weighted by atomic mass is 16.5. The van der Waals surface area contributed by atoms with Crippen LogP contribution in [0, 0.1) is 0 Å². The van der Waals surface area contributed by atoms with Gasteiger partial charge in [0.25, 0.3) is 0 Å². The molecule has 0 spiro atoms. The molecule has 2 atom stereocenters. The number of allylic oxidation sites excluding steroid dienone is 3. The summed E-state index contributed by atoms with van der Waals surface area (Å²) in [6, 6.07) is 20.5. The summed E-state index contributed by atoms with van der Waals surface area (Å²) in [5.74, 6) is 0.849. The average Bonchev–Trinajstić information content (AvgIpc) is 2.99. The van der Waals surface area contributed by atoms with E-state index in [1.54, 1.807) is 0 Å². The number of carbonyl (C=O) groups excluding carboxylic acids is 1. The zero-order chi connectivity index (χ0) is 25.0. The van der Waals surface area contributed by atoms with Crippen molar-refractivity contribution >= 4 is 6.03 Å². The van der Waals surface area contributed by atoms with Crippen molar-refractivity contribution in [2.45, 2.75) is 71.8 Å².